The average molecular weight is 241 g/mol. The average Bonchev–Trinajstić information content (AvgIpc) is 2.69. The van der Waals surface area contributed by atoms with Gasteiger partial charge in [0.1, 0.15) is 4.88 Å². The summed E-state index contributed by atoms with van der Waals surface area (Å²) < 4.78 is 3.68. The molecule has 1 saturated heterocycles. The summed E-state index contributed by atoms with van der Waals surface area (Å²) >= 11 is 1.12. The van der Waals surface area contributed by atoms with Crippen LogP contribution < -0.4 is 0 Å². The fourth-order valence-electron chi connectivity index (χ4n) is 1.88. The molecule has 1 aromatic heterocycles. The Morgan fingerprint density at radius 3 is 3.06 bits per heavy atom. The summed E-state index contributed by atoms with van der Waals surface area (Å²) in [6.07, 6.45) is 3.71. The zero-order valence-electron chi connectivity index (χ0n) is 9.22. The molecule has 0 aliphatic carbocycles. The van der Waals surface area contributed by atoms with E-state index in [1.165, 1.54) is 6.20 Å². The van der Waals surface area contributed by atoms with Crippen LogP contribution >= 0.6 is 11.5 Å². The van der Waals surface area contributed by atoms with Gasteiger partial charge in [-0.25, -0.2) is 0 Å². The number of nitrogens with zero attached hydrogens (tertiary/aromatic N) is 3. The summed E-state index contributed by atoms with van der Waals surface area (Å²) in [4.78, 5) is 14.3. The van der Waals surface area contributed by atoms with E-state index in [9.17, 15) is 9.90 Å². The van der Waals surface area contributed by atoms with Crippen molar-refractivity contribution in [1.82, 2.24) is 14.5 Å². The zero-order valence-corrected chi connectivity index (χ0v) is 10.0. The van der Waals surface area contributed by atoms with Gasteiger partial charge in [-0.3, -0.25) is 4.79 Å². The fourth-order valence-corrected chi connectivity index (χ4v) is 2.37. The number of amides is 1. The Balaban J connectivity index is 2.03. The summed E-state index contributed by atoms with van der Waals surface area (Å²) in [5, 5.41) is 13.6. The van der Waals surface area contributed by atoms with Gasteiger partial charge in [-0.1, -0.05) is 4.49 Å². The Labute approximate surface area is 98.2 Å². The van der Waals surface area contributed by atoms with Gasteiger partial charge in [-0.05, 0) is 37.7 Å². The highest BCUT2D eigenvalue weighted by Gasteiger charge is 2.27. The first-order chi connectivity index (χ1) is 7.58. The number of hydrogen-bond donors (Lipinski definition) is 1. The highest BCUT2D eigenvalue weighted by atomic mass is 32.1. The summed E-state index contributed by atoms with van der Waals surface area (Å²) in [5.74, 6) is -0.0206. The standard InChI is InChI=1S/C10H15N3O2S/c1-10(15)3-2-5-13(6-4-10)9(14)8-7-11-12-16-8/h7,15H,2-6H2,1H3. The minimum Gasteiger partial charge on any atom is -0.390 e. The molecule has 0 aromatic carbocycles. The largest absolute Gasteiger partial charge is 0.390 e. The molecular weight excluding hydrogens is 226 g/mol. The van der Waals surface area contributed by atoms with Gasteiger partial charge in [0.15, 0.2) is 0 Å². The maximum absolute atomic E-state index is 12.0. The molecule has 1 atom stereocenters. The fraction of sp³-hybridized carbons (Fsp3) is 0.700. The SMILES string of the molecule is CC1(O)CCCN(C(=O)c2cnns2)CC1. The van der Waals surface area contributed by atoms with Crippen LogP contribution in [0, 0.1) is 0 Å². The molecule has 5 nitrogen and oxygen atoms in total. The van der Waals surface area contributed by atoms with Crippen LogP contribution in [0.25, 0.3) is 0 Å². The zero-order chi connectivity index (χ0) is 11.6. The number of likely N-dealkylation sites (tertiary alicyclic amines) is 1. The van der Waals surface area contributed by atoms with Crippen LogP contribution in [0.5, 0.6) is 0 Å². The molecule has 1 unspecified atom stereocenters. The molecular formula is C10H15N3O2S. The van der Waals surface area contributed by atoms with Crippen LogP contribution in [0.1, 0.15) is 35.9 Å². The van der Waals surface area contributed by atoms with Crippen LogP contribution in [0.2, 0.25) is 0 Å². The number of carbonyl (C=O) groups excluding carboxylic acids is 1. The van der Waals surface area contributed by atoms with Crippen LogP contribution in [0.15, 0.2) is 6.20 Å². The van der Waals surface area contributed by atoms with Crippen molar-refractivity contribution in [3.63, 3.8) is 0 Å². The van der Waals surface area contributed by atoms with Gasteiger partial charge >= 0.3 is 0 Å². The second-order valence-corrected chi connectivity index (χ2v) is 5.21. The summed E-state index contributed by atoms with van der Waals surface area (Å²) in [6, 6.07) is 0. The lowest BCUT2D eigenvalue weighted by atomic mass is 9.98. The topological polar surface area (TPSA) is 66.3 Å². The van der Waals surface area contributed by atoms with E-state index in [1.54, 1.807) is 4.90 Å². The van der Waals surface area contributed by atoms with Crippen molar-refractivity contribution >= 4 is 17.4 Å². The van der Waals surface area contributed by atoms with Gasteiger partial charge < -0.3 is 10.0 Å². The van der Waals surface area contributed by atoms with E-state index in [2.05, 4.69) is 9.59 Å². The highest BCUT2D eigenvalue weighted by Crippen LogP contribution is 2.22. The number of hydrogen-bond acceptors (Lipinski definition) is 5. The molecule has 0 saturated carbocycles. The van der Waals surface area contributed by atoms with E-state index in [0.717, 1.165) is 24.4 Å². The van der Waals surface area contributed by atoms with Crippen LogP contribution in [-0.4, -0.2) is 44.2 Å². The minimum absolute atomic E-state index is 0.0206. The van der Waals surface area contributed by atoms with Gasteiger partial charge in [0.05, 0.1) is 11.8 Å². The molecule has 1 N–H and O–H groups in total. The van der Waals surface area contributed by atoms with Crippen molar-refractivity contribution in [2.75, 3.05) is 13.1 Å². The molecule has 1 fully saturated rings. The molecule has 2 rings (SSSR count). The molecule has 0 radical (unpaired) electrons. The van der Waals surface area contributed by atoms with Crippen LogP contribution in [-0.2, 0) is 0 Å². The Morgan fingerprint density at radius 2 is 2.38 bits per heavy atom. The number of rotatable bonds is 1. The van der Waals surface area contributed by atoms with E-state index < -0.39 is 5.60 Å². The molecule has 16 heavy (non-hydrogen) atoms. The maximum Gasteiger partial charge on any atom is 0.267 e. The minimum atomic E-state index is -0.638. The first-order valence-electron chi connectivity index (χ1n) is 5.37. The van der Waals surface area contributed by atoms with E-state index >= 15 is 0 Å². The van der Waals surface area contributed by atoms with Crippen molar-refractivity contribution in [1.29, 1.82) is 0 Å². The lowest BCUT2D eigenvalue weighted by Gasteiger charge is -2.21. The third-order valence-electron chi connectivity index (χ3n) is 2.92. The van der Waals surface area contributed by atoms with Gasteiger partial charge in [-0.15, -0.1) is 5.10 Å². The molecule has 6 heteroatoms. The molecule has 0 bridgehead atoms. The second-order valence-electron chi connectivity index (χ2n) is 4.42. The van der Waals surface area contributed by atoms with Gasteiger partial charge in [0.25, 0.3) is 5.91 Å². The predicted molar refractivity (Wildman–Crippen MR) is 60.3 cm³/mol. The lowest BCUT2D eigenvalue weighted by Crippen LogP contribution is -2.33. The Hall–Kier alpha value is -1.01. The van der Waals surface area contributed by atoms with E-state index in [-0.39, 0.29) is 5.91 Å². The molecule has 88 valence electrons. The normalized spacial score (nSPS) is 26.5. The Kier molecular flexibility index (Phi) is 3.20. The molecule has 0 spiro atoms. The predicted octanol–water partition coefficient (Wildman–Crippen LogP) is 0.915. The molecule has 2 heterocycles. The monoisotopic (exact) mass is 241 g/mol. The van der Waals surface area contributed by atoms with E-state index in [4.69, 9.17) is 0 Å². The highest BCUT2D eigenvalue weighted by molar-refractivity contribution is 7.07. The Morgan fingerprint density at radius 1 is 1.56 bits per heavy atom. The van der Waals surface area contributed by atoms with Gasteiger partial charge in [0, 0.05) is 13.1 Å². The first kappa shape index (κ1) is 11.5. The van der Waals surface area contributed by atoms with E-state index in [1.807, 2.05) is 6.92 Å². The second kappa shape index (κ2) is 4.47. The number of aliphatic hydroxyl groups is 1. The van der Waals surface area contributed by atoms with E-state index in [0.29, 0.717) is 24.4 Å². The first-order valence-corrected chi connectivity index (χ1v) is 6.15. The number of carbonyl (C=O) groups is 1. The molecule has 1 aliphatic heterocycles. The summed E-state index contributed by atoms with van der Waals surface area (Å²) in [6.45, 7) is 3.13. The van der Waals surface area contributed by atoms with Crippen molar-refractivity contribution in [3.8, 4) is 0 Å². The smallest absolute Gasteiger partial charge is 0.267 e. The quantitative estimate of drug-likeness (QED) is 0.794. The third kappa shape index (κ3) is 2.56. The summed E-state index contributed by atoms with van der Waals surface area (Å²) in [5.41, 5.74) is -0.638. The van der Waals surface area contributed by atoms with Crippen molar-refractivity contribution in [3.05, 3.63) is 11.1 Å². The molecule has 1 amide bonds. The van der Waals surface area contributed by atoms with Crippen LogP contribution in [0.4, 0.5) is 0 Å². The molecule has 1 aliphatic rings. The van der Waals surface area contributed by atoms with Gasteiger partial charge in [0.2, 0.25) is 0 Å². The van der Waals surface area contributed by atoms with Gasteiger partial charge in [-0.2, -0.15) is 0 Å². The Bertz CT molecular complexity index is 364. The lowest BCUT2D eigenvalue weighted by molar-refractivity contribution is 0.0438. The molecule has 1 aromatic rings. The maximum atomic E-state index is 12.0. The van der Waals surface area contributed by atoms with Crippen molar-refractivity contribution < 1.29 is 9.90 Å². The summed E-state index contributed by atoms with van der Waals surface area (Å²) in [7, 11) is 0. The van der Waals surface area contributed by atoms with Crippen molar-refractivity contribution in [2.45, 2.75) is 31.8 Å². The third-order valence-corrected chi connectivity index (χ3v) is 3.58. The van der Waals surface area contributed by atoms with Crippen molar-refractivity contribution in [2.24, 2.45) is 0 Å². The van der Waals surface area contributed by atoms with Crippen LogP contribution in [0.3, 0.4) is 0 Å². The number of aromatic nitrogens is 2.